The maximum absolute atomic E-state index is 11.7. The molecule has 2 amide bonds. The zero-order valence-corrected chi connectivity index (χ0v) is 10.4. The SMILES string of the molecule is CCCN(CC(=O)O)C(=O)NCCn1ccnc1. The Bertz CT molecular complexity index is 378. The molecule has 1 aromatic rings. The summed E-state index contributed by atoms with van der Waals surface area (Å²) in [4.78, 5) is 27.5. The molecule has 0 spiro atoms. The van der Waals surface area contributed by atoms with Crippen LogP contribution in [0.1, 0.15) is 13.3 Å². The Morgan fingerprint density at radius 3 is 2.83 bits per heavy atom. The highest BCUT2D eigenvalue weighted by Crippen LogP contribution is 1.93. The molecule has 0 aromatic carbocycles. The molecule has 7 nitrogen and oxygen atoms in total. The molecular formula is C11H18N4O3. The van der Waals surface area contributed by atoms with Crippen molar-refractivity contribution in [2.75, 3.05) is 19.6 Å². The van der Waals surface area contributed by atoms with Crippen LogP contribution in [0, 0.1) is 0 Å². The maximum Gasteiger partial charge on any atom is 0.323 e. The fourth-order valence-electron chi connectivity index (χ4n) is 1.51. The van der Waals surface area contributed by atoms with E-state index in [4.69, 9.17) is 5.11 Å². The molecule has 0 aliphatic heterocycles. The number of amides is 2. The third kappa shape index (κ3) is 4.86. The van der Waals surface area contributed by atoms with Crippen LogP contribution in [-0.4, -0.2) is 51.2 Å². The molecule has 0 bridgehead atoms. The normalized spacial score (nSPS) is 10.1. The van der Waals surface area contributed by atoms with Crippen molar-refractivity contribution in [2.24, 2.45) is 0 Å². The van der Waals surface area contributed by atoms with E-state index in [2.05, 4.69) is 10.3 Å². The number of imidazole rings is 1. The minimum atomic E-state index is -1.01. The number of urea groups is 1. The lowest BCUT2D eigenvalue weighted by Gasteiger charge is -2.20. The molecule has 18 heavy (non-hydrogen) atoms. The molecule has 0 saturated heterocycles. The average Bonchev–Trinajstić information content (AvgIpc) is 2.81. The quantitative estimate of drug-likeness (QED) is 0.736. The van der Waals surface area contributed by atoms with Crippen molar-refractivity contribution in [1.82, 2.24) is 19.8 Å². The van der Waals surface area contributed by atoms with Crippen LogP contribution in [0.4, 0.5) is 4.79 Å². The summed E-state index contributed by atoms with van der Waals surface area (Å²) < 4.78 is 1.83. The molecule has 1 rings (SSSR count). The van der Waals surface area contributed by atoms with Gasteiger partial charge in [0.25, 0.3) is 0 Å². The lowest BCUT2D eigenvalue weighted by molar-refractivity contribution is -0.137. The van der Waals surface area contributed by atoms with Crippen LogP contribution in [0.2, 0.25) is 0 Å². The summed E-state index contributed by atoms with van der Waals surface area (Å²) in [6, 6.07) is -0.348. The molecule has 0 atom stereocenters. The smallest absolute Gasteiger partial charge is 0.323 e. The summed E-state index contributed by atoms with van der Waals surface area (Å²) in [7, 11) is 0. The summed E-state index contributed by atoms with van der Waals surface area (Å²) in [6.07, 6.45) is 5.85. The number of carboxylic acids is 1. The monoisotopic (exact) mass is 254 g/mol. The van der Waals surface area contributed by atoms with Gasteiger partial charge in [0, 0.05) is 32.0 Å². The van der Waals surface area contributed by atoms with E-state index in [9.17, 15) is 9.59 Å². The molecule has 1 heterocycles. The molecule has 100 valence electrons. The Balaban J connectivity index is 2.34. The van der Waals surface area contributed by atoms with E-state index >= 15 is 0 Å². The van der Waals surface area contributed by atoms with Crippen molar-refractivity contribution >= 4 is 12.0 Å². The fourth-order valence-corrected chi connectivity index (χ4v) is 1.51. The van der Waals surface area contributed by atoms with Gasteiger partial charge in [-0.2, -0.15) is 0 Å². The van der Waals surface area contributed by atoms with Gasteiger partial charge in [-0.05, 0) is 6.42 Å². The van der Waals surface area contributed by atoms with Crippen LogP contribution in [0.15, 0.2) is 18.7 Å². The molecule has 0 radical (unpaired) electrons. The van der Waals surface area contributed by atoms with Crippen molar-refractivity contribution in [1.29, 1.82) is 0 Å². The van der Waals surface area contributed by atoms with E-state index in [0.717, 1.165) is 6.42 Å². The predicted octanol–water partition coefficient (Wildman–Crippen LogP) is 0.389. The van der Waals surface area contributed by atoms with Gasteiger partial charge in [-0.1, -0.05) is 6.92 Å². The third-order valence-electron chi connectivity index (χ3n) is 2.31. The zero-order chi connectivity index (χ0) is 13.4. The van der Waals surface area contributed by atoms with E-state index in [1.165, 1.54) is 4.90 Å². The number of carboxylic acid groups (broad SMARTS) is 1. The maximum atomic E-state index is 11.7. The molecule has 1 aromatic heterocycles. The topological polar surface area (TPSA) is 87.5 Å². The van der Waals surface area contributed by atoms with Crippen LogP contribution in [0.3, 0.4) is 0 Å². The van der Waals surface area contributed by atoms with Crippen molar-refractivity contribution in [3.05, 3.63) is 18.7 Å². The molecule has 0 unspecified atom stereocenters. The molecule has 7 heteroatoms. The third-order valence-corrected chi connectivity index (χ3v) is 2.31. The molecule has 2 N–H and O–H groups in total. The lowest BCUT2D eigenvalue weighted by atomic mass is 10.4. The Morgan fingerprint density at radius 2 is 2.28 bits per heavy atom. The Kier molecular flexibility index (Phi) is 5.69. The van der Waals surface area contributed by atoms with Gasteiger partial charge in [0.1, 0.15) is 6.54 Å². The number of rotatable bonds is 7. The molecule has 0 aliphatic carbocycles. The van der Waals surface area contributed by atoms with E-state index in [1.54, 1.807) is 18.7 Å². The van der Waals surface area contributed by atoms with E-state index in [1.807, 2.05) is 11.5 Å². The van der Waals surface area contributed by atoms with E-state index in [-0.39, 0.29) is 12.6 Å². The highest BCUT2D eigenvalue weighted by molar-refractivity contribution is 5.80. The van der Waals surface area contributed by atoms with Gasteiger partial charge in [-0.3, -0.25) is 4.79 Å². The Labute approximate surface area is 105 Å². The lowest BCUT2D eigenvalue weighted by Crippen LogP contribution is -2.44. The van der Waals surface area contributed by atoms with E-state index in [0.29, 0.717) is 19.6 Å². The van der Waals surface area contributed by atoms with Gasteiger partial charge >= 0.3 is 12.0 Å². The number of aliphatic carboxylic acids is 1. The van der Waals surface area contributed by atoms with Crippen molar-refractivity contribution in [3.63, 3.8) is 0 Å². The summed E-state index contributed by atoms with van der Waals surface area (Å²) >= 11 is 0. The van der Waals surface area contributed by atoms with Crippen molar-refractivity contribution < 1.29 is 14.7 Å². The minimum absolute atomic E-state index is 0.273. The van der Waals surface area contributed by atoms with Crippen LogP contribution in [-0.2, 0) is 11.3 Å². The number of carbonyl (C=O) groups excluding carboxylic acids is 1. The number of hydrogen-bond donors (Lipinski definition) is 2. The second-order valence-electron chi connectivity index (χ2n) is 3.85. The standard InChI is InChI=1S/C11H18N4O3/c1-2-5-15(8-10(16)17)11(18)13-4-7-14-6-3-12-9-14/h3,6,9H,2,4-5,7-8H2,1H3,(H,13,18)(H,16,17). The first-order valence-electron chi connectivity index (χ1n) is 5.83. The minimum Gasteiger partial charge on any atom is -0.480 e. The second kappa shape index (κ2) is 7.31. The fraction of sp³-hybridized carbons (Fsp3) is 0.545. The Hall–Kier alpha value is -2.05. The van der Waals surface area contributed by atoms with Crippen molar-refractivity contribution in [2.45, 2.75) is 19.9 Å². The van der Waals surface area contributed by atoms with E-state index < -0.39 is 5.97 Å². The second-order valence-corrected chi connectivity index (χ2v) is 3.85. The van der Waals surface area contributed by atoms with Gasteiger partial charge in [0.2, 0.25) is 0 Å². The first-order valence-corrected chi connectivity index (χ1v) is 5.83. The van der Waals surface area contributed by atoms with Gasteiger partial charge < -0.3 is 19.9 Å². The highest BCUT2D eigenvalue weighted by Gasteiger charge is 2.14. The molecule has 0 saturated carbocycles. The first kappa shape index (κ1) is 14.0. The van der Waals surface area contributed by atoms with Crippen LogP contribution < -0.4 is 5.32 Å². The van der Waals surface area contributed by atoms with Gasteiger partial charge in [0.05, 0.1) is 6.33 Å². The highest BCUT2D eigenvalue weighted by atomic mass is 16.4. The van der Waals surface area contributed by atoms with Gasteiger partial charge in [0.15, 0.2) is 0 Å². The number of hydrogen-bond acceptors (Lipinski definition) is 3. The summed E-state index contributed by atoms with van der Waals surface area (Å²) in [6.45, 7) is 3.11. The zero-order valence-electron chi connectivity index (χ0n) is 10.4. The molecule has 0 fully saturated rings. The van der Waals surface area contributed by atoms with Gasteiger partial charge in [-0.15, -0.1) is 0 Å². The predicted molar refractivity (Wildman–Crippen MR) is 65.1 cm³/mol. The number of nitrogens with one attached hydrogen (secondary N) is 1. The summed E-state index contributed by atoms with van der Waals surface area (Å²) in [5.41, 5.74) is 0. The summed E-state index contributed by atoms with van der Waals surface area (Å²) in [5.74, 6) is -1.01. The largest absolute Gasteiger partial charge is 0.480 e. The number of carbonyl (C=O) groups is 2. The average molecular weight is 254 g/mol. The van der Waals surface area contributed by atoms with Crippen molar-refractivity contribution in [3.8, 4) is 0 Å². The van der Waals surface area contributed by atoms with Crippen LogP contribution >= 0.6 is 0 Å². The van der Waals surface area contributed by atoms with Crippen LogP contribution in [0.5, 0.6) is 0 Å². The summed E-state index contributed by atoms with van der Waals surface area (Å²) in [5, 5.41) is 11.4. The van der Waals surface area contributed by atoms with Gasteiger partial charge in [-0.25, -0.2) is 9.78 Å². The molecule has 0 aliphatic rings. The molecular weight excluding hydrogens is 236 g/mol. The van der Waals surface area contributed by atoms with Crippen LogP contribution in [0.25, 0.3) is 0 Å². The first-order chi connectivity index (χ1) is 8.63. The number of aromatic nitrogens is 2. The number of nitrogens with zero attached hydrogens (tertiary/aromatic N) is 3. The Morgan fingerprint density at radius 1 is 1.50 bits per heavy atom.